The van der Waals surface area contributed by atoms with Crippen molar-refractivity contribution in [1.82, 2.24) is 4.72 Å². The van der Waals surface area contributed by atoms with Gasteiger partial charge < -0.3 is 34.6 Å². The minimum atomic E-state index is -4.99. The first-order chi connectivity index (χ1) is 16.6. The summed E-state index contributed by atoms with van der Waals surface area (Å²) in [6, 6.07) is -1.09. The number of aliphatic hydroxyl groups is 3. The largest absolute Gasteiger partial charge is 0.479 e. The first-order valence-electron chi connectivity index (χ1n) is 11.0. The average Bonchev–Trinajstić information content (AvgIpc) is 2.76. The number of ether oxygens (including phenoxy) is 3. The summed E-state index contributed by atoms with van der Waals surface area (Å²) in [6.07, 6.45) is -6.28. The van der Waals surface area contributed by atoms with Gasteiger partial charge in [0.1, 0.15) is 12.2 Å². The van der Waals surface area contributed by atoms with Gasteiger partial charge in [0.05, 0.1) is 44.7 Å². The van der Waals surface area contributed by atoms with Gasteiger partial charge in [-0.25, -0.2) is 8.98 Å². The Hall–Kier alpha value is -1.03. The van der Waals surface area contributed by atoms with Crippen LogP contribution in [0.3, 0.4) is 0 Å². The van der Waals surface area contributed by atoms with Crippen molar-refractivity contribution in [2.45, 2.75) is 50.4 Å². The molecule has 2 heterocycles. The van der Waals surface area contributed by atoms with Gasteiger partial charge in [0.25, 0.3) is 0 Å². The standard InChI is InChI=1S/C18H33NO15S2/c1-8-11(12(4-21)32-13(5-22)15(8)19-35(25,26)27)6-31-7-14-16(34-36(28,29)30)9(2)10(3-20)17(33-14)18(23)24/h8-17,19-22H,3-7H2,1-2H3,(H,23,24)(H,25,26,27)(H,28,29,30)/t8-,9-,10+,11+,12?,13-,14+,15?,16?,17?/m1/s1. The number of aliphatic hydroxyl groups excluding tert-OH is 3. The summed E-state index contributed by atoms with van der Waals surface area (Å²) < 4.78 is 87.1. The van der Waals surface area contributed by atoms with Gasteiger partial charge in [-0.1, -0.05) is 13.8 Å². The maximum atomic E-state index is 11.6. The molecule has 0 aromatic carbocycles. The van der Waals surface area contributed by atoms with E-state index in [4.69, 9.17) is 18.4 Å². The predicted molar refractivity (Wildman–Crippen MR) is 117 cm³/mol. The summed E-state index contributed by atoms with van der Waals surface area (Å²) in [6.45, 7) is 0.489. The number of rotatable bonds is 12. The summed E-state index contributed by atoms with van der Waals surface area (Å²) in [4.78, 5) is 11.6. The van der Waals surface area contributed by atoms with Crippen molar-refractivity contribution in [3.05, 3.63) is 0 Å². The highest BCUT2D eigenvalue weighted by Crippen LogP contribution is 2.35. The normalized spacial score (nSPS) is 38.1. The molecule has 4 unspecified atom stereocenters. The summed E-state index contributed by atoms with van der Waals surface area (Å²) >= 11 is 0. The molecule has 2 aliphatic heterocycles. The SMILES string of the molecule is C[C@H]1C(OS(=O)(=O)O)[C@H](COC[C@@H]2C(CO)O[C@H](CO)C(NS(=O)(=O)O)[C@@H]2C)OC(C(=O)O)[C@H]1CO. The fourth-order valence-electron chi connectivity index (χ4n) is 4.78. The minimum absolute atomic E-state index is 0.234. The fourth-order valence-corrected chi connectivity index (χ4v) is 6.07. The van der Waals surface area contributed by atoms with E-state index in [1.807, 2.05) is 4.72 Å². The van der Waals surface area contributed by atoms with Gasteiger partial charge in [-0.2, -0.15) is 21.6 Å². The van der Waals surface area contributed by atoms with Gasteiger partial charge in [0.15, 0.2) is 6.10 Å². The lowest BCUT2D eigenvalue weighted by Crippen LogP contribution is -2.60. The Morgan fingerprint density at radius 1 is 0.861 bits per heavy atom. The Labute approximate surface area is 208 Å². The molecule has 0 aliphatic carbocycles. The Morgan fingerprint density at radius 2 is 1.47 bits per heavy atom. The van der Waals surface area contributed by atoms with Crippen molar-refractivity contribution >= 4 is 26.7 Å². The van der Waals surface area contributed by atoms with Crippen LogP contribution in [0.4, 0.5) is 0 Å². The zero-order chi connectivity index (χ0) is 27.4. The van der Waals surface area contributed by atoms with Gasteiger partial charge >= 0.3 is 26.7 Å². The maximum absolute atomic E-state index is 11.6. The number of hydrogen-bond donors (Lipinski definition) is 7. The Morgan fingerprint density at radius 3 is 1.94 bits per heavy atom. The summed E-state index contributed by atoms with van der Waals surface area (Å²) in [5.41, 5.74) is 0. The summed E-state index contributed by atoms with van der Waals surface area (Å²) in [7, 11) is -9.67. The Balaban J connectivity index is 2.20. The van der Waals surface area contributed by atoms with E-state index in [1.54, 1.807) is 6.92 Å². The van der Waals surface area contributed by atoms with Gasteiger partial charge in [-0.3, -0.25) is 9.11 Å². The molecule has 36 heavy (non-hydrogen) atoms. The Bertz CT molecular complexity index is 944. The van der Waals surface area contributed by atoms with Crippen LogP contribution < -0.4 is 4.72 Å². The molecule has 0 aromatic rings. The maximum Gasteiger partial charge on any atom is 0.397 e. The molecule has 0 spiro atoms. The molecule has 0 bridgehead atoms. The van der Waals surface area contributed by atoms with E-state index in [9.17, 15) is 51.2 Å². The zero-order valence-corrected chi connectivity index (χ0v) is 21.1. The van der Waals surface area contributed by atoms with Crippen molar-refractivity contribution in [2.75, 3.05) is 33.0 Å². The molecule has 0 amide bonds. The molecule has 212 valence electrons. The van der Waals surface area contributed by atoms with E-state index < -0.39 is 113 Å². The van der Waals surface area contributed by atoms with Crippen LogP contribution in [0.1, 0.15) is 13.8 Å². The van der Waals surface area contributed by atoms with Crippen LogP contribution in [0.25, 0.3) is 0 Å². The highest BCUT2D eigenvalue weighted by Gasteiger charge is 2.49. The van der Waals surface area contributed by atoms with Crippen LogP contribution in [0.5, 0.6) is 0 Å². The molecule has 2 fully saturated rings. The fraction of sp³-hybridized carbons (Fsp3) is 0.944. The van der Waals surface area contributed by atoms with Crippen molar-refractivity contribution in [2.24, 2.45) is 23.7 Å². The van der Waals surface area contributed by atoms with Crippen molar-refractivity contribution in [1.29, 1.82) is 0 Å². The smallest absolute Gasteiger partial charge is 0.397 e. The van der Waals surface area contributed by atoms with E-state index in [-0.39, 0.29) is 6.61 Å². The van der Waals surface area contributed by atoms with Crippen molar-refractivity contribution in [3.8, 4) is 0 Å². The zero-order valence-electron chi connectivity index (χ0n) is 19.5. The van der Waals surface area contributed by atoms with E-state index in [1.165, 1.54) is 6.92 Å². The van der Waals surface area contributed by atoms with Crippen LogP contribution in [0.2, 0.25) is 0 Å². The molecule has 16 nitrogen and oxygen atoms in total. The molecule has 10 atom stereocenters. The number of aliphatic carboxylic acids is 1. The molecule has 2 rings (SSSR count). The highest BCUT2D eigenvalue weighted by atomic mass is 32.3. The van der Waals surface area contributed by atoms with E-state index in [0.717, 1.165) is 0 Å². The number of carbonyl (C=O) groups is 1. The molecule has 0 aromatic heterocycles. The van der Waals surface area contributed by atoms with E-state index >= 15 is 0 Å². The average molecular weight is 568 g/mol. The van der Waals surface area contributed by atoms with Crippen LogP contribution in [-0.2, 0) is 43.9 Å². The second-order valence-corrected chi connectivity index (χ2v) is 11.1. The lowest BCUT2D eigenvalue weighted by molar-refractivity contribution is -0.208. The molecule has 2 saturated heterocycles. The second-order valence-electron chi connectivity index (χ2n) is 8.88. The lowest BCUT2D eigenvalue weighted by Gasteiger charge is -2.45. The topological polar surface area (TPSA) is 256 Å². The highest BCUT2D eigenvalue weighted by molar-refractivity contribution is 7.83. The van der Waals surface area contributed by atoms with E-state index in [2.05, 4.69) is 0 Å². The van der Waals surface area contributed by atoms with Gasteiger partial charge in [-0.15, -0.1) is 0 Å². The van der Waals surface area contributed by atoms with Crippen LogP contribution in [0, 0.1) is 23.7 Å². The third-order valence-electron chi connectivity index (χ3n) is 6.66. The molecule has 0 saturated carbocycles. The first kappa shape index (κ1) is 31.2. The quantitative estimate of drug-likeness (QED) is 0.116. The molecular weight excluding hydrogens is 534 g/mol. The number of hydrogen-bond acceptors (Lipinski definition) is 12. The van der Waals surface area contributed by atoms with E-state index in [0.29, 0.717) is 0 Å². The molecular formula is C18H33NO15S2. The minimum Gasteiger partial charge on any atom is -0.479 e. The summed E-state index contributed by atoms with van der Waals surface area (Å²) in [5.74, 6) is -4.74. The molecule has 2 aliphatic rings. The number of carboxylic acids is 1. The lowest BCUT2D eigenvalue weighted by atomic mass is 9.79. The third-order valence-corrected chi connectivity index (χ3v) is 7.70. The second kappa shape index (κ2) is 12.7. The molecule has 0 radical (unpaired) electrons. The van der Waals surface area contributed by atoms with Crippen LogP contribution in [-0.4, -0.2) is 122 Å². The first-order valence-corrected chi connectivity index (χ1v) is 13.8. The molecule has 7 N–H and O–H groups in total. The summed E-state index contributed by atoms with van der Waals surface area (Å²) in [5, 5.41) is 38.4. The third kappa shape index (κ3) is 7.98. The molecule has 18 heteroatoms. The number of carboxylic acid groups (broad SMARTS) is 1. The van der Waals surface area contributed by atoms with Crippen molar-refractivity contribution in [3.63, 3.8) is 0 Å². The van der Waals surface area contributed by atoms with Gasteiger partial charge in [0, 0.05) is 18.4 Å². The van der Waals surface area contributed by atoms with Crippen molar-refractivity contribution < 1.29 is 69.6 Å². The van der Waals surface area contributed by atoms with Gasteiger partial charge in [0.2, 0.25) is 0 Å². The van der Waals surface area contributed by atoms with Crippen LogP contribution >= 0.6 is 0 Å². The number of nitrogens with one attached hydrogen (secondary N) is 1. The monoisotopic (exact) mass is 567 g/mol. The van der Waals surface area contributed by atoms with Gasteiger partial charge in [-0.05, 0) is 11.8 Å². The predicted octanol–water partition coefficient (Wildman–Crippen LogP) is -2.95. The Kier molecular flexibility index (Phi) is 11.0. The van der Waals surface area contributed by atoms with Crippen LogP contribution in [0.15, 0.2) is 0 Å².